The van der Waals surface area contributed by atoms with E-state index >= 15 is 0 Å². The predicted octanol–water partition coefficient (Wildman–Crippen LogP) is 3.46. The molecule has 0 N–H and O–H groups in total. The zero-order valence-electron chi connectivity index (χ0n) is 19.1. The van der Waals surface area contributed by atoms with Crippen molar-refractivity contribution in [1.82, 2.24) is 9.21 Å². The molecule has 2 heterocycles. The van der Waals surface area contributed by atoms with Gasteiger partial charge in [0, 0.05) is 26.2 Å². The van der Waals surface area contributed by atoms with Crippen LogP contribution < -0.4 is 4.74 Å². The van der Waals surface area contributed by atoms with E-state index in [1.165, 1.54) is 28.3 Å². The average molecular weight is 507 g/mol. The SMILES string of the molecule is CCOC(=O)N1CCC(C(C)=O)(S(=O)(=O)N2CCC(Oc3ccc(C(F)(F)F)cc3)CC2)CC1. The molecule has 2 aliphatic heterocycles. The third kappa shape index (κ3) is 5.32. The largest absolute Gasteiger partial charge is 0.490 e. The van der Waals surface area contributed by atoms with Gasteiger partial charge in [0.1, 0.15) is 16.6 Å². The molecular formula is C22H29F3N2O6S. The number of benzene rings is 1. The Kier molecular flexibility index (Phi) is 7.81. The summed E-state index contributed by atoms with van der Waals surface area (Å²) in [5, 5.41) is 0. The first-order chi connectivity index (χ1) is 15.9. The number of hydrogen-bond acceptors (Lipinski definition) is 6. The van der Waals surface area contributed by atoms with Crippen molar-refractivity contribution in [2.45, 2.75) is 56.6 Å². The molecule has 0 atom stereocenters. The number of hydrogen-bond donors (Lipinski definition) is 0. The van der Waals surface area contributed by atoms with Crippen LogP contribution in [0.3, 0.4) is 0 Å². The van der Waals surface area contributed by atoms with Gasteiger partial charge in [-0.25, -0.2) is 17.5 Å². The minimum atomic E-state index is -4.43. The van der Waals surface area contributed by atoms with E-state index in [1.807, 2.05) is 0 Å². The van der Waals surface area contributed by atoms with Crippen LogP contribution >= 0.6 is 0 Å². The Morgan fingerprint density at radius 2 is 1.62 bits per heavy atom. The topological polar surface area (TPSA) is 93.2 Å². The molecule has 0 bridgehead atoms. The van der Waals surface area contributed by atoms with E-state index in [-0.39, 0.29) is 57.5 Å². The van der Waals surface area contributed by atoms with E-state index < -0.39 is 38.4 Å². The summed E-state index contributed by atoms with van der Waals surface area (Å²) < 4.78 is 75.6. The van der Waals surface area contributed by atoms with Crippen molar-refractivity contribution in [3.8, 4) is 5.75 Å². The van der Waals surface area contributed by atoms with Crippen LogP contribution in [-0.2, 0) is 25.7 Å². The summed E-state index contributed by atoms with van der Waals surface area (Å²) in [5.74, 6) is -0.181. The second-order valence-electron chi connectivity index (χ2n) is 8.48. The van der Waals surface area contributed by atoms with E-state index in [1.54, 1.807) is 6.92 Å². The fourth-order valence-electron chi connectivity index (χ4n) is 4.41. The van der Waals surface area contributed by atoms with Gasteiger partial charge in [-0.2, -0.15) is 13.2 Å². The molecule has 12 heteroatoms. The molecule has 2 aliphatic rings. The molecular weight excluding hydrogens is 477 g/mol. The number of rotatable bonds is 6. The van der Waals surface area contributed by atoms with Crippen molar-refractivity contribution in [2.75, 3.05) is 32.8 Å². The summed E-state index contributed by atoms with van der Waals surface area (Å²) in [6.07, 6.45) is -4.67. The lowest BCUT2D eigenvalue weighted by atomic mass is 9.92. The van der Waals surface area contributed by atoms with Gasteiger partial charge >= 0.3 is 12.3 Å². The van der Waals surface area contributed by atoms with Gasteiger partial charge < -0.3 is 14.4 Å². The molecule has 0 spiro atoms. The van der Waals surface area contributed by atoms with Gasteiger partial charge in [-0.1, -0.05) is 0 Å². The van der Waals surface area contributed by atoms with E-state index in [4.69, 9.17) is 9.47 Å². The van der Waals surface area contributed by atoms with Crippen LogP contribution in [-0.4, -0.2) is 73.1 Å². The van der Waals surface area contributed by atoms with Crippen molar-refractivity contribution in [3.63, 3.8) is 0 Å². The highest BCUT2D eigenvalue weighted by atomic mass is 32.2. The van der Waals surface area contributed by atoms with Gasteiger partial charge in [0.15, 0.2) is 5.78 Å². The number of carbonyl (C=O) groups excluding carboxylic acids is 2. The molecule has 190 valence electrons. The Morgan fingerprint density at radius 3 is 2.09 bits per heavy atom. The van der Waals surface area contributed by atoms with Gasteiger partial charge in [0.25, 0.3) is 0 Å². The first-order valence-corrected chi connectivity index (χ1v) is 12.6. The van der Waals surface area contributed by atoms with Crippen LogP contribution in [0, 0.1) is 0 Å². The highest BCUT2D eigenvalue weighted by molar-refractivity contribution is 7.91. The molecule has 1 aromatic rings. The van der Waals surface area contributed by atoms with Crippen molar-refractivity contribution in [3.05, 3.63) is 29.8 Å². The van der Waals surface area contributed by atoms with Crippen LogP contribution in [0.5, 0.6) is 5.75 Å². The smallest absolute Gasteiger partial charge is 0.416 e. The molecule has 0 aliphatic carbocycles. The summed E-state index contributed by atoms with van der Waals surface area (Å²) in [7, 11) is -4.00. The summed E-state index contributed by atoms with van der Waals surface area (Å²) in [5.41, 5.74) is -0.774. The van der Waals surface area contributed by atoms with Crippen LogP contribution in [0.15, 0.2) is 24.3 Å². The van der Waals surface area contributed by atoms with Gasteiger partial charge in [-0.15, -0.1) is 0 Å². The zero-order valence-corrected chi connectivity index (χ0v) is 20.0. The molecule has 34 heavy (non-hydrogen) atoms. The number of halogens is 3. The Balaban J connectivity index is 1.63. The molecule has 1 amide bonds. The predicted molar refractivity (Wildman–Crippen MR) is 117 cm³/mol. The lowest BCUT2D eigenvalue weighted by Gasteiger charge is -2.43. The van der Waals surface area contributed by atoms with Gasteiger partial charge in [0.2, 0.25) is 10.0 Å². The number of sulfonamides is 1. The highest BCUT2D eigenvalue weighted by Gasteiger charge is 2.53. The lowest BCUT2D eigenvalue weighted by Crippen LogP contribution is -2.60. The molecule has 3 rings (SSSR count). The van der Waals surface area contributed by atoms with E-state index in [0.29, 0.717) is 12.8 Å². The summed E-state index contributed by atoms with van der Waals surface area (Å²) in [6, 6.07) is 4.37. The molecule has 0 saturated carbocycles. The van der Waals surface area contributed by atoms with Gasteiger partial charge in [-0.3, -0.25) is 4.79 Å². The third-order valence-electron chi connectivity index (χ3n) is 6.46. The number of ketones is 1. The maximum atomic E-state index is 13.5. The average Bonchev–Trinajstić information content (AvgIpc) is 2.79. The second-order valence-corrected chi connectivity index (χ2v) is 10.7. The zero-order chi connectivity index (χ0) is 25.1. The van der Waals surface area contributed by atoms with E-state index in [2.05, 4.69) is 0 Å². The molecule has 1 aromatic carbocycles. The summed E-state index contributed by atoms with van der Waals surface area (Å²) in [4.78, 5) is 26.0. The van der Waals surface area contributed by atoms with Crippen LogP contribution in [0.2, 0.25) is 0 Å². The maximum Gasteiger partial charge on any atom is 0.416 e. The lowest BCUT2D eigenvalue weighted by molar-refractivity contribution is -0.137. The van der Waals surface area contributed by atoms with Crippen LogP contribution in [0.25, 0.3) is 0 Å². The number of Topliss-reactive ketones (excluding diaryl/α,β-unsaturated/α-hetero) is 1. The number of carbonyl (C=O) groups is 2. The Hall–Kier alpha value is -2.34. The van der Waals surface area contributed by atoms with E-state index in [9.17, 15) is 31.2 Å². The number of nitrogens with zero attached hydrogens (tertiary/aromatic N) is 2. The monoisotopic (exact) mass is 506 g/mol. The molecule has 0 unspecified atom stereocenters. The van der Waals surface area contributed by atoms with Crippen molar-refractivity contribution in [2.24, 2.45) is 0 Å². The third-order valence-corrected chi connectivity index (χ3v) is 9.19. The molecule has 0 radical (unpaired) electrons. The number of ether oxygens (including phenoxy) is 2. The number of likely N-dealkylation sites (tertiary alicyclic amines) is 1. The van der Waals surface area contributed by atoms with Crippen molar-refractivity contribution < 1.29 is 40.7 Å². The van der Waals surface area contributed by atoms with Gasteiger partial charge in [-0.05, 0) is 63.8 Å². The molecule has 2 saturated heterocycles. The van der Waals surface area contributed by atoms with Crippen molar-refractivity contribution >= 4 is 21.9 Å². The number of amides is 1. The van der Waals surface area contributed by atoms with E-state index in [0.717, 1.165) is 12.1 Å². The second kappa shape index (κ2) is 10.1. The first-order valence-electron chi connectivity index (χ1n) is 11.2. The fraction of sp³-hybridized carbons (Fsp3) is 0.636. The minimum absolute atomic E-state index is 0.00847. The summed E-state index contributed by atoms with van der Waals surface area (Å²) in [6.45, 7) is 3.61. The molecule has 8 nitrogen and oxygen atoms in total. The fourth-order valence-corrected chi connectivity index (χ4v) is 6.66. The summed E-state index contributed by atoms with van der Waals surface area (Å²) >= 11 is 0. The minimum Gasteiger partial charge on any atom is -0.490 e. The Labute approximate surface area is 197 Å². The maximum absolute atomic E-state index is 13.5. The molecule has 2 fully saturated rings. The Bertz CT molecular complexity index is 981. The number of alkyl halides is 3. The number of piperidine rings is 2. The van der Waals surface area contributed by atoms with Crippen LogP contribution in [0.1, 0.15) is 45.1 Å². The quantitative estimate of drug-likeness (QED) is 0.587. The standard InChI is InChI=1S/C22H29F3N2O6S/c1-3-32-20(29)26-14-10-21(11-15-26,16(2)28)34(30,31)27-12-8-19(9-13-27)33-18-6-4-17(5-7-18)22(23,24)25/h4-7,19H,3,8-15H2,1-2H3. The van der Waals surface area contributed by atoms with Crippen molar-refractivity contribution in [1.29, 1.82) is 0 Å². The Morgan fingerprint density at radius 1 is 1.06 bits per heavy atom. The first kappa shape index (κ1) is 26.3. The van der Waals surface area contributed by atoms with Gasteiger partial charge in [0.05, 0.1) is 12.2 Å². The molecule has 0 aromatic heterocycles. The normalized spacial score (nSPS) is 20.1. The van der Waals surface area contributed by atoms with Crippen LogP contribution in [0.4, 0.5) is 18.0 Å². The highest BCUT2D eigenvalue weighted by Crippen LogP contribution is 2.36.